The third kappa shape index (κ3) is 7.51. The highest BCUT2D eigenvalue weighted by Crippen LogP contribution is 2.41. The van der Waals surface area contributed by atoms with E-state index in [-0.39, 0.29) is 16.8 Å². The first-order valence-corrected chi connectivity index (χ1v) is 10.8. The fourth-order valence-corrected chi connectivity index (χ4v) is 3.06. The number of esters is 1. The number of ether oxygens (including phenoxy) is 2. The van der Waals surface area contributed by atoms with Gasteiger partial charge in [-0.05, 0) is 61.3 Å². The maximum atomic E-state index is 11.6. The summed E-state index contributed by atoms with van der Waals surface area (Å²) in [5.74, 6) is 0.644. The van der Waals surface area contributed by atoms with E-state index in [0.717, 1.165) is 22.5 Å². The molecule has 0 aromatic heterocycles. The van der Waals surface area contributed by atoms with Crippen molar-refractivity contribution in [3.63, 3.8) is 0 Å². The molecule has 166 valence electrons. The summed E-state index contributed by atoms with van der Waals surface area (Å²) in [6.45, 7) is 22.2. The molecule has 0 radical (unpaired) electrons. The van der Waals surface area contributed by atoms with Crippen molar-refractivity contribution in [2.75, 3.05) is 13.2 Å². The van der Waals surface area contributed by atoms with Gasteiger partial charge in [-0.2, -0.15) is 0 Å². The monoisotopic (exact) mass is 412 g/mol. The molecule has 0 saturated heterocycles. The maximum Gasteiger partial charge on any atom is 0.330 e. The molecule has 0 heterocycles. The second kappa shape index (κ2) is 10.7. The number of benzene rings is 1. The van der Waals surface area contributed by atoms with Crippen LogP contribution in [0.1, 0.15) is 85.9 Å². The molecular formula is C27H40O3. The van der Waals surface area contributed by atoms with E-state index in [1.165, 1.54) is 17.2 Å². The van der Waals surface area contributed by atoms with E-state index in [4.69, 9.17) is 9.47 Å². The Balaban J connectivity index is 3.48. The van der Waals surface area contributed by atoms with E-state index in [2.05, 4.69) is 66.7 Å². The molecule has 0 aliphatic heterocycles. The summed E-state index contributed by atoms with van der Waals surface area (Å²) < 4.78 is 11.1. The zero-order valence-corrected chi connectivity index (χ0v) is 20.6. The predicted octanol–water partition coefficient (Wildman–Crippen LogP) is 7.15. The normalized spacial score (nSPS) is 13.7. The van der Waals surface area contributed by atoms with Gasteiger partial charge in [-0.25, -0.2) is 4.79 Å². The molecule has 3 nitrogen and oxygen atoms in total. The zero-order valence-electron chi connectivity index (χ0n) is 20.6. The molecule has 0 aliphatic carbocycles. The SMILES string of the molecule is CCOC(=O)/C=C(C)/C=C/C=C(\C)c1cc(C(C)(C)C)cc(C(C)(C)C)c1OCC. The minimum atomic E-state index is -0.313. The van der Waals surface area contributed by atoms with Crippen LogP contribution in [0.3, 0.4) is 0 Å². The molecule has 0 atom stereocenters. The summed E-state index contributed by atoms with van der Waals surface area (Å²) in [7, 11) is 0. The lowest BCUT2D eigenvalue weighted by molar-refractivity contribution is -0.137. The smallest absolute Gasteiger partial charge is 0.330 e. The second-order valence-corrected chi connectivity index (χ2v) is 9.68. The molecule has 1 aromatic rings. The molecule has 0 aliphatic rings. The Bertz CT molecular complexity index is 825. The first-order chi connectivity index (χ1) is 13.8. The van der Waals surface area contributed by atoms with Gasteiger partial charge >= 0.3 is 5.97 Å². The van der Waals surface area contributed by atoms with Gasteiger partial charge in [-0.15, -0.1) is 0 Å². The number of carbonyl (C=O) groups excluding carboxylic acids is 1. The first-order valence-electron chi connectivity index (χ1n) is 10.8. The van der Waals surface area contributed by atoms with Gasteiger partial charge in [0.05, 0.1) is 13.2 Å². The van der Waals surface area contributed by atoms with E-state index >= 15 is 0 Å². The van der Waals surface area contributed by atoms with E-state index in [0.29, 0.717) is 13.2 Å². The molecule has 0 amide bonds. The van der Waals surface area contributed by atoms with Crippen LogP contribution >= 0.6 is 0 Å². The van der Waals surface area contributed by atoms with Gasteiger partial charge < -0.3 is 9.47 Å². The minimum Gasteiger partial charge on any atom is -0.493 e. The molecule has 30 heavy (non-hydrogen) atoms. The summed E-state index contributed by atoms with van der Waals surface area (Å²) in [5, 5.41) is 0. The predicted molar refractivity (Wildman–Crippen MR) is 128 cm³/mol. The standard InChI is InChI=1S/C27H40O3/c1-11-29-24(28)16-19(3)14-13-15-20(4)22-17-21(26(5,6)7)18-23(27(8,9)10)25(22)30-12-2/h13-18H,11-12H2,1-10H3/b14-13+,19-16+,20-15+. The Labute approximate surface area is 183 Å². The molecule has 0 saturated carbocycles. The van der Waals surface area contributed by atoms with Crippen molar-refractivity contribution in [1.82, 2.24) is 0 Å². The molecular weight excluding hydrogens is 372 g/mol. The van der Waals surface area contributed by atoms with Gasteiger partial charge in [-0.3, -0.25) is 0 Å². The van der Waals surface area contributed by atoms with Crippen LogP contribution in [-0.2, 0) is 20.4 Å². The van der Waals surface area contributed by atoms with Crippen LogP contribution in [0.4, 0.5) is 0 Å². The number of hydrogen-bond acceptors (Lipinski definition) is 3. The second-order valence-electron chi connectivity index (χ2n) is 9.68. The van der Waals surface area contributed by atoms with Crippen molar-refractivity contribution in [3.8, 4) is 5.75 Å². The number of hydrogen-bond donors (Lipinski definition) is 0. The van der Waals surface area contributed by atoms with Crippen molar-refractivity contribution in [2.45, 2.75) is 80.1 Å². The van der Waals surface area contributed by atoms with Crippen LogP contribution in [0.25, 0.3) is 5.57 Å². The Hall–Kier alpha value is -2.29. The first kappa shape index (κ1) is 25.7. The minimum absolute atomic E-state index is 0.0321. The number of allylic oxidation sites excluding steroid dienone is 5. The molecule has 0 fully saturated rings. The Morgan fingerprint density at radius 1 is 0.967 bits per heavy atom. The molecule has 3 heteroatoms. The van der Waals surface area contributed by atoms with Crippen molar-refractivity contribution in [3.05, 3.63) is 58.7 Å². The Morgan fingerprint density at radius 2 is 1.60 bits per heavy atom. The summed E-state index contributed by atoms with van der Waals surface area (Å²) in [4.78, 5) is 11.6. The van der Waals surface area contributed by atoms with Crippen LogP contribution in [-0.4, -0.2) is 19.2 Å². The highest BCUT2D eigenvalue weighted by atomic mass is 16.5. The van der Waals surface area contributed by atoms with E-state index in [1.807, 2.05) is 26.0 Å². The highest BCUT2D eigenvalue weighted by molar-refractivity contribution is 5.83. The van der Waals surface area contributed by atoms with Crippen LogP contribution in [0.2, 0.25) is 0 Å². The van der Waals surface area contributed by atoms with Crippen LogP contribution in [0.15, 0.2) is 42.0 Å². The van der Waals surface area contributed by atoms with E-state index < -0.39 is 0 Å². The van der Waals surface area contributed by atoms with Crippen molar-refractivity contribution in [1.29, 1.82) is 0 Å². The summed E-state index contributed by atoms with van der Waals surface area (Å²) in [6.07, 6.45) is 7.46. The van der Waals surface area contributed by atoms with Gasteiger partial charge in [-0.1, -0.05) is 65.8 Å². The largest absolute Gasteiger partial charge is 0.493 e. The summed E-state index contributed by atoms with van der Waals surface area (Å²) in [5.41, 5.74) is 5.61. The Morgan fingerprint density at radius 3 is 2.10 bits per heavy atom. The molecule has 1 aromatic carbocycles. The molecule has 0 N–H and O–H groups in total. The van der Waals surface area contributed by atoms with E-state index in [1.54, 1.807) is 6.92 Å². The lowest BCUT2D eigenvalue weighted by atomic mass is 9.78. The maximum absolute atomic E-state index is 11.6. The van der Waals surface area contributed by atoms with E-state index in [9.17, 15) is 4.79 Å². The van der Waals surface area contributed by atoms with Crippen LogP contribution < -0.4 is 4.74 Å². The Kier molecular flexibility index (Phi) is 9.14. The average Bonchev–Trinajstić information content (AvgIpc) is 2.60. The zero-order chi connectivity index (χ0) is 23.1. The fourth-order valence-electron chi connectivity index (χ4n) is 3.06. The molecule has 0 unspecified atom stereocenters. The topological polar surface area (TPSA) is 35.5 Å². The summed E-state index contributed by atoms with van der Waals surface area (Å²) >= 11 is 0. The lowest BCUT2D eigenvalue weighted by Crippen LogP contribution is -2.19. The molecule has 0 spiro atoms. The highest BCUT2D eigenvalue weighted by Gasteiger charge is 2.26. The van der Waals surface area contributed by atoms with Gasteiger partial charge in [0.1, 0.15) is 5.75 Å². The van der Waals surface area contributed by atoms with Gasteiger partial charge in [0, 0.05) is 17.2 Å². The number of carbonyl (C=O) groups is 1. The van der Waals surface area contributed by atoms with Crippen LogP contribution in [0.5, 0.6) is 5.75 Å². The van der Waals surface area contributed by atoms with Crippen molar-refractivity contribution < 1.29 is 14.3 Å². The van der Waals surface area contributed by atoms with Crippen LogP contribution in [0, 0.1) is 0 Å². The van der Waals surface area contributed by atoms with Gasteiger partial charge in [0.15, 0.2) is 0 Å². The average molecular weight is 413 g/mol. The van der Waals surface area contributed by atoms with Gasteiger partial charge in [0.2, 0.25) is 0 Å². The van der Waals surface area contributed by atoms with Crippen molar-refractivity contribution in [2.24, 2.45) is 0 Å². The lowest BCUT2D eigenvalue weighted by Gasteiger charge is -2.29. The molecule has 0 bridgehead atoms. The third-order valence-corrected chi connectivity index (χ3v) is 4.81. The molecule has 1 rings (SSSR count). The quantitative estimate of drug-likeness (QED) is 0.271. The summed E-state index contributed by atoms with van der Waals surface area (Å²) in [6, 6.07) is 4.55. The van der Waals surface area contributed by atoms with Gasteiger partial charge in [0.25, 0.3) is 0 Å². The van der Waals surface area contributed by atoms with Crippen molar-refractivity contribution >= 4 is 11.5 Å². The third-order valence-electron chi connectivity index (χ3n) is 4.81. The number of rotatable bonds is 7. The fraction of sp³-hybridized carbons (Fsp3) is 0.519.